The molecule has 0 saturated heterocycles. The first kappa shape index (κ1) is 10.1. The van der Waals surface area contributed by atoms with Crippen molar-refractivity contribution in [1.29, 1.82) is 0 Å². The number of hydrogen-bond donors (Lipinski definition) is 3. The second-order valence-electron chi connectivity index (χ2n) is 2.89. The van der Waals surface area contributed by atoms with Crippen molar-refractivity contribution >= 4 is 17.5 Å². The highest BCUT2D eigenvalue weighted by atomic mass is 16.5. The van der Waals surface area contributed by atoms with Gasteiger partial charge in [-0.3, -0.25) is 4.79 Å². The number of nitrogen functional groups attached to an aromatic ring is 1. The van der Waals surface area contributed by atoms with Crippen molar-refractivity contribution in [1.82, 2.24) is 10.1 Å². The lowest BCUT2D eigenvalue weighted by atomic mass is 10.3. The summed E-state index contributed by atoms with van der Waals surface area (Å²) in [5.41, 5.74) is 2.59. The normalized spacial score (nSPS) is 9.81. The van der Waals surface area contributed by atoms with Crippen LogP contribution in [0, 0.1) is 0 Å². The Kier molecular flexibility index (Phi) is 2.79. The topological polar surface area (TPSA) is 106 Å². The van der Waals surface area contributed by atoms with Gasteiger partial charge in [0, 0.05) is 6.07 Å². The molecule has 2 heterocycles. The van der Waals surface area contributed by atoms with E-state index in [4.69, 9.17) is 5.84 Å². The first-order valence-corrected chi connectivity index (χ1v) is 4.45. The summed E-state index contributed by atoms with van der Waals surface area (Å²) in [4.78, 5) is 15.6. The van der Waals surface area contributed by atoms with Crippen molar-refractivity contribution in [3.05, 3.63) is 36.2 Å². The lowest BCUT2D eigenvalue weighted by molar-refractivity contribution is 0.102. The monoisotopic (exact) mass is 219 g/mol. The summed E-state index contributed by atoms with van der Waals surface area (Å²) in [6, 6.07) is 6.41. The zero-order valence-electron chi connectivity index (χ0n) is 8.18. The van der Waals surface area contributed by atoms with E-state index in [1.807, 2.05) is 0 Å². The predicted molar refractivity (Wildman–Crippen MR) is 56.5 cm³/mol. The highest BCUT2D eigenvalue weighted by Gasteiger charge is 2.09. The summed E-state index contributed by atoms with van der Waals surface area (Å²) in [5, 5.41) is 6.06. The minimum Gasteiger partial charge on any atom is -0.363 e. The molecule has 0 fully saturated rings. The van der Waals surface area contributed by atoms with E-state index in [-0.39, 0.29) is 11.6 Å². The van der Waals surface area contributed by atoms with Crippen LogP contribution in [-0.4, -0.2) is 16.0 Å². The van der Waals surface area contributed by atoms with Gasteiger partial charge in [-0.1, -0.05) is 11.2 Å². The summed E-state index contributed by atoms with van der Waals surface area (Å²) in [6.07, 6.45) is 1.36. The third-order valence-corrected chi connectivity index (χ3v) is 1.81. The number of nitrogens with one attached hydrogen (secondary N) is 2. The summed E-state index contributed by atoms with van der Waals surface area (Å²) >= 11 is 0. The van der Waals surface area contributed by atoms with E-state index < -0.39 is 0 Å². The van der Waals surface area contributed by atoms with Crippen LogP contribution in [0.3, 0.4) is 0 Å². The van der Waals surface area contributed by atoms with E-state index in [1.165, 1.54) is 12.3 Å². The fourth-order valence-electron chi connectivity index (χ4n) is 1.10. The molecule has 16 heavy (non-hydrogen) atoms. The maximum atomic E-state index is 11.7. The zero-order valence-corrected chi connectivity index (χ0v) is 8.18. The van der Waals surface area contributed by atoms with Crippen molar-refractivity contribution in [3.8, 4) is 0 Å². The van der Waals surface area contributed by atoms with Gasteiger partial charge in [-0.2, -0.15) is 0 Å². The number of anilines is 2. The quantitative estimate of drug-likeness (QED) is 0.515. The number of nitrogens with zero attached hydrogens (tertiary/aromatic N) is 2. The predicted octanol–water partition coefficient (Wildman–Crippen LogP) is 0.607. The largest absolute Gasteiger partial charge is 0.363 e. The summed E-state index contributed by atoms with van der Waals surface area (Å²) in [7, 11) is 0. The molecule has 1 amide bonds. The third-order valence-electron chi connectivity index (χ3n) is 1.81. The standard InChI is InChI=1S/C9H9N5O2/c10-13-7-3-1-2-6(11-7)9(15)12-8-4-5-16-14-8/h1-5H,10H2,(H,11,13)(H,12,14,15). The highest BCUT2D eigenvalue weighted by molar-refractivity contribution is 6.02. The fourth-order valence-corrected chi connectivity index (χ4v) is 1.10. The third kappa shape index (κ3) is 2.15. The molecule has 82 valence electrons. The van der Waals surface area contributed by atoms with E-state index >= 15 is 0 Å². The number of carbonyl (C=O) groups is 1. The lowest BCUT2D eigenvalue weighted by Crippen LogP contribution is -2.16. The Labute approximate surface area is 90.6 Å². The van der Waals surface area contributed by atoms with Crippen LogP contribution in [0.1, 0.15) is 10.5 Å². The van der Waals surface area contributed by atoms with Gasteiger partial charge >= 0.3 is 0 Å². The number of nitrogens with two attached hydrogens (primary N) is 1. The molecule has 2 aromatic rings. The van der Waals surface area contributed by atoms with Gasteiger partial charge in [0.25, 0.3) is 5.91 Å². The molecule has 7 nitrogen and oxygen atoms in total. The van der Waals surface area contributed by atoms with Gasteiger partial charge in [0.05, 0.1) is 0 Å². The maximum Gasteiger partial charge on any atom is 0.275 e. The fraction of sp³-hybridized carbons (Fsp3) is 0. The first-order valence-electron chi connectivity index (χ1n) is 4.45. The summed E-state index contributed by atoms with van der Waals surface area (Å²) in [5.74, 6) is 5.54. The number of rotatable bonds is 3. The molecule has 0 radical (unpaired) electrons. The molecule has 0 aliphatic carbocycles. The summed E-state index contributed by atoms with van der Waals surface area (Å²) in [6.45, 7) is 0. The molecule has 0 aliphatic heterocycles. The Morgan fingerprint density at radius 2 is 2.19 bits per heavy atom. The van der Waals surface area contributed by atoms with Gasteiger partial charge in [-0.25, -0.2) is 10.8 Å². The Morgan fingerprint density at radius 3 is 2.88 bits per heavy atom. The maximum absolute atomic E-state index is 11.7. The Bertz CT molecular complexity index is 482. The van der Waals surface area contributed by atoms with Crippen molar-refractivity contribution in [2.24, 2.45) is 5.84 Å². The van der Waals surface area contributed by atoms with Crippen LogP contribution in [-0.2, 0) is 0 Å². The summed E-state index contributed by atoms with van der Waals surface area (Å²) < 4.78 is 4.58. The Hall–Kier alpha value is -2.41. The zero-order chi connectivity index (χ0) is 11.4. The SMILES string of the molecule is NNc1cccc(C(=O)Nc2ccon2)n1. The average Bonchev–Trinajstić information content (AvgIpc) is 2.82. The van der Waals surface area contributed by atoms with Crippen molar-refractivity contribution in [2.45, 2.75) is 0 Å². The van der Waals surface area contributed by atoms with Crippen LogP contribution in [0.15, 0.2) is 35.1 Å². The van der Waals surface area contributed by atoms with E-state index in [9.17, 15) is 4.79 Å². The molecule has 0 saturated carbocycles. The van der Waals surface area contributed by atoms with E-state index in [0.29, 0.717) is 11.6 Å². The van der Waals surface area contributed by atoms with Crippen LogP contribution in [0.4, 0.5) is 11.6 Å². The Balaban J connectivity index is 2.14. The molecule has 7 heteroatoms. The smallest absolute Gasteiger partial charge is 0.275 e. The number of amides is 1. The second kappa shape index (κ2) is 4.41. The highest BCUT2D eigenvalue weighted by Crippen LogP contribution is 2.07. The second-order valence-corrected chi connectivity index (χ2v) is 2.89. The van der Waals surface area contributed by atoms with Gasteiger partial charge in [-0.15, -0.1) is 0 Å². The number of carbonyl (C=O) groups excluding carboxylic acids is 1. The molecule has 0 aliphatic rings. The Morgan fingerprint density at radius 1 is 1.31 bits per heavy atom. The van der Waals surface area contributed by atoms with Gasteiger partial charge < -0.3 is 15.3 Å². The average molecular weight is 219 g/mol. The van der Waals surface area contributed by atoms with Gasteiger partial charge in [-0.05, 0) is 12.1 Å². The van der Waals surface area contributed by atoms with Crippen LogP contribution in [0.2, 0.25) is 0 Å². The molecule has 0 aromatic carbocycles. The van der Waals surface area contributed by atoms with Crippen molar-refractivity contribution < 1.29 is 9.32 Å². The molecule has 0 spiro atoms. The molecular formula is C9H9N5O2. The minimum atomic E-state index is -0.383. The van der Waals surface area contributed by atoms with Crippen LogP contribution >= 0.6 is 0 Å². The molecule has 2 aromatic heterocycles. The minimum absolute atomic E-state index is 0.235. The van der Waals surface area contributed by atoms with Crippen LogP contribution in [0.25, 0.3) is 0 Å². The molecule has 0 unspecified atom stereocenters. The number of hydrogen-bond acceptors (Lipinski definition) is 6. The van der Waals surface area contributed by atoms with Crippen LogP contribution in [0.5, 0.6) is 0 Å². The van der Waals surface area contributed by atoms with Gasteiger partial charge in [0.15, 0.2) is 5.82 Å². The number of pyridine rings is 1. The molecular weight excluding hydrogens is 210 g/mol. The van der Waals surface area contributed by atoms with Crippen molar-refractivity contribution in [2.75, 3.05) is 10.7 Å². The molecule has 4 N–H and O–H groups in total. The van der Waals surface area contributed by atoms with E-state index in [1.54, 1.807) is 18.2 Å². The van der Waals surface area contributed by atoms with Crippen LogP contribution < -0.4 is 16.6 Å². The molecule has 0 bridgehead atoms. The molecule has 2 rings (SSSR count). The number of aromatic nitrogens is 2. The first-order chi connectivity index (χ1) is 7.79. The molecule has 0 atom stereocenters. The van der Waals surface area contributed by atoms with E-state index in [0.717, 1.165) is 0 Å². The number of hydrazine groups is 1. The van der Waals surface area contributed by atoms with Gasteiger partial charge in [0.1, 0.15) is 17.8 Å². The lowest BCUT2D eigenvalue weighted by Gasteiger charge is -2.02. The van der Waals surface area contributed by atoms with Crippen molar-refractivity contribution in [3.63, 3.8) is 0 Å². The van der Waals surface area contributed by atoms with E-state index in [2.05, 4.69) is 25.4 Å². The van der Waals surface area contributed by atoms with Gasteiger partial charge in [0.2, 0.25) is 0 Å².